The number of rotatable bonds is 0. The zero-order chi connectivity index (χ0) is 11.5. The number of aliphatic hydroxyl groups excluding tert-OH is 1. The third-order valence-corrected chi connectivity index (χ3v) is 1.82. The van der Waals surface area contributed by atoms with Crippen LogP contribution in [0.15, 0.2) is 18.2 Å². The second-order valence-corrected chi connectivity index (χ2v) is 3.08. The summed E-state index contributed by atoms with van der Waals surface area (Å²) in [6, 6.07) is 3.13. The van der Waals surface area contributed by atoms with E-state index >= 15 is 0 Å². The third-order valence-electron chi connectivity index (χ3n) is 1.59. The highest BCUT2D eigenvalue weighted by molar-refractivity contribution is 6.30. The van der Waals surface area contributed by atoms with E-state index in [1.165, 1.54) is 0 Å². The summed E-state index contributed by atoms with van der Waals surface area (Å²) in [4.78, 5) is 0. The van der Waals surface area contributed by atoms with Crippen LogP contribution in [0.25, 0.3) is 0 Å². The van der Waals surface area contributed by atoms with Crippen LogP contribution in [0.2, 0.25) is 5.02 Å². The first-order valence-electron chi connectivity index (χ1n) is 3.91. The highest BCUT2D eigenvalue weighted by Crippen LogP contribution is 2.32. The predicted octanol–water partition coefficient (Wildman–Crippen LogP) is 2.70. The molecule has 0 atom stereocenters. The molecule has 15 heavy (non-hydrogen) atoms. The SMILES string of the molecule is OCC#Cc1cc(Cl)ccc1C(F)(F)F. The van der Waals surface area contributed by atoms with E-state index in [2.05, 4.69) is 11.8 Å². The van der Waals surface area contributed by atoms with Crippen LogP contribution >= 0.6 is 11.6 Å². The summed E-state index contributed by atoms with van der Waals surface area (Å²) in [5.74, 6) is 4.36. The Morgan fingerprint density at radius 3 is 2.53 bits per heavy atom. The topological polar surface area (TPSA) is 20.2 Å². The molecular formula is C10H6ClF3O. The molecule has 0 aromatic heterocycles. The molecule has 0 heterocycles. The minimum absolute atomic E-state index is 0.172. The molecular weight excluding hydrogens is 229 g/mol. The molecule has 0 spiro atoms. The van der Waals surface area contributed by atoms with Crippen molar-refractivity contribution in [1.29, 1.82) is 0 Å². The Morgan fingerprint density at radius 1 is 1.33 bits per heavy atom. The Bertz CT molecular complexity index is 415. The Hall–Kier alpha value is -1.18. The lowest BCUT2D eigenvalue weighted by Crippen LogP contribution is -2.07. The van der Waals surface area contributed by atoms with Gasteiger partial charge in [0.15, 0.2) is 0 Å². The zero-order valence-electron chi connectivity index (χ0n) is 7.40. The van der Waals surface area contributed by atoms with Crippen LogP contribution in [0, 0.1) is 11.8 Å². The average molecular weight is 235 g/mol. The Morgan fingerprint density at radius 2 is 2.00 bits per heavy atom. The van der Waals surface area contributed by atoms with Crippen molar-refractivity contribution in [3.8, 4) is 11.8 Å². The van der Waals surface area contributed by atoms with Gasteiger partial charge < -0.3 is 5.11 Å². The predicted molar refractivity (Wildman–Crippen MR) is 50.4 cm³/mol. The van der Waals surface area contributed by atoms with Gasteiger partial charge in [0.2, 0.25) is 0 Å². The van der Waals surface area contributed by atoms with E-state index < -0.39 is 18.3 Å². The molecule has 0 amide bonds. The van der Waals surface area contributed by atoms with Crippen LogP contribution in [0.5, 0.6) is 0 Å². The van der Waals surface area contributed by atoms with Crippen LogP contribution in [0.3, 0.4) is 0 Å². The third kappa shape index (κ3) is 3.15. The molecule has 0 aliphatic rings. The normalized spacial score (nSPS) is 10.7. The van der Waals surface area contributed by atoms with Gasteiger partial charge in [-0.3, -0.25) is 0 Å². The summed E-state index contributed by atoms with van der Waals surface area (Å²) in [6.45, 7) is -0.496. The summed E-state index contributed by atoms with van der Waals surface area (Å²) < 4.78 is 37.3. The lowest BCUT2D eigenvalue weighted by molar-refractivity contribution is -0.137. The largest absolute Gasteiger partial charge is 0.417 e. The van der Waals surface area contributed by atoms with Crippen molar-refractivity contribution in [2.24, 2.45) is 0 Å². The number of alkyl halides is 3. The maximum Gasteiger partial charge on any atom is 0.417 e. The maximum atomic E-state index is 12.4. The number of hydrogen-bond acceptors (Lipinski definition) is 1. The molecule has 0 aliphatic carbocycles. The first-order valence-corrected chi connectivity index (χ1v) is 4.29. The van der Waals surface area contributed by atoms with E-state index in [9.17, 15) is 13.2 Å². The summed E-state index contributed by atoms with van der Waals surface area (Å²) in [5.41, 5.74) is -1.09. The molecule has 0 saturated carbocycles. The van der Waals surface area contributed by atoms with E-state index in [4.69, 9.17) is 16.7 Å². The fraction of sp³-hybridized carbons (Fsp3) is 0.200. The highest BCUT2D eigenvalue weighted by Gasteiger charge is 2.32. The van der Waals surface area contributed by atoms with E-state index in [0.29, 0.717) is 0 Å². The van der Waals surface area contributed by atoms with Crippen molar-refractivity contribution in [3.05, 3.63) is 34.3 Å². The summed E-state index contributed by atoms with van der Waals surface area (Å²) in [7, 11) is 0. The minimum atomic E-state index is -4.47. The Balaban J connectivity index is 3.27. The molecule has 0 bridgehead atoms. The van der Waals surface area contributed by atoms with Gasteiger partial charge in [-0.2, -0.15) is 13.2 Å². The standard InChI is InChI=1S/C10H6ClF3O/c11-8-3-4-9(10(12,13)14)7(6-8)2-1-5-15/h3-4,6,15H,5H2. The number of benzene rings is 1. The van der Waals surface area contributed by atoms with Gasteiger partial charge in [0.05, 0.1) is 5.56 Å². The van der Waals surface area contributed by atoms with E-state index in [1.807, 2.05) is 0 Å². The van der Waals surface area contributed by atoms with Gasteiger partial charge in [0.25, 0.3) is 0 Å². The number of halogens is 4. The van der Waals surface area contributed by atoms with Crippen molar-refractivity contribution >= 4 is 11.6 Å². The van der Waals surface area contributed by atoms with E-state index in [0.717, 1.165) is 18.2 Å². The number of hydrogen-bond donors (Lipinski definition) is 1. The average Bonchev–Trinajstić information content (AvgIpc) is 2.12. The molecule has 5 heteroatoms. The van der Waals surface area contributed by atoms with Crippen LogP contribution in [0.1, 0.15) is 11.1 Å². The molecule has 1 aromatic rings. The van der Waals surface area contributed by atoms with Crippen molar-refractivity contribution in [1.82, 2.24) is 0 Å². The lowest BCUT2D eigenvalue weighted by atomic mass is 10.1. The second-order valence-electron chi connectivity index (χ2n) is 2.65. The molecule has 0 saturated heterocycles. The molecule has 0 unspecified atom stereocenters. The van der Waals surface area contributed by atoms with E-state index in [1.54, 1.807) is 0 Å². The van der Waals surface area contributed by atoms with Crippen molar-refractivity contribution in [3.63, 3.8) is 0 Å². The first-order chi connectivity index (χ1) is 6.95. The van der Waals surface area contributed by atoms with Gasteiger partial charge in [-0.25, -0.2) is 0 Å². The van der Waals surface area contributed by atoms with Crippen molar-refractivity contribution in [2.45, 2.75) is 6.18 Å². The summed E-state index contributed by atoms with van der Waals surface area (Å²) in [6.07, 6.45) is -4.47. The van der Waals surface area contributed by atoms with Gasteiger partial charge in [-0.15, -0.1) is 0 Å². The molecule has 1 nitrogen and oxygen atoms in total. The fourth-order valence-electron chi connectivity index (χ4n) is 1.00. The van der Waals surface area contributed by atoms with Crippen molar-refractivity contribution < 1.29 is 18.3 Å². The molecule has 0 aliphatic heterocycles. The molecule has 0 fully saturated rings. The van der Waals surface area contributed by atoms with E-state index in [-0.39, 0.29) is 10.6 Å². The fourth-order valence-corrected chi connectivity index (χ4v) is 1.17. The molecule has 80 valence electrons. The monoisotopic (exact) mass is 234 g/mol. The second kappa shape index (κ2) is 4.56. The maximum absolute atomic E-state index is 12.4. The molecule has 1 N–H and O–H groups in total. The lowest BCUT2D eigenvalue weighted by Gasteiger charge is -2.08. The van der Waals surface area contributed by atoms with Crippen LogP contribution < -0.4 is 0 Å². The van der Waals surface area contributed by atoms with Gasteiger partial charge in [-0.1, -0.05) is 23.4 Å². The number of aliphatic hydroxyl groups is 1. The zero-order valence-corrected chi connectivity index (χ0v) is 8.15. The minimum Gasteiger partial charge on any atom is -0.384 e. The molecule has 0 radical (unpaired) electrons. The summed E-state index contributed by atoms with van der Waals surface area (Å²) >= 11 is 5.55. The van der Waals surface area contributed by atoms with Gasteiger partial charge in [-0.05, 0) is 18.2 Å². The van der Waals surface area contributed by atoms with Crippen LogP contribution in [0.4, 0.5) is 13.2 Å². The Labute approximate surface area is 89.5 Å². The van der Waals surface area contributed by atoms with Gasteiger partial charge in [0.1, 0.15) is 6.61 Å². The van der Waals surface area contributed by atoms with Crippen LogP contribution in [-0.4, -0.2) is 11.7 Å². The van der Waals surface area contributed by atoms with Crippen molar-refractivity contribution in [2.75, 3.05) is 6.61 Å². The Kier molecular flexibility index (Phi) is 3.61. The molecule has 1 aromatic carbocycles. The van der Waals surface area contributed by atoms with Gasteiger partial charge in [0, 0.05) is 10.6 Å². The quantitative estimate of drug-likeness (QED) is 0.685. The van der Waals surface area contributed by atoms with Crippen LogP contribution in [-0.2, 0) is 6.18 Å². The first kappa shape index (κ1) is 11.9. The molecule has 1 rings (SSSR count). The highest BCUT2D eigenvalue weighted by atomic mass is 35.5. The van der Waals surface area contributed by atoms with Gasteiger partial charge >= 0.3 is 6.18 Å². The summed E-state index contributed by atoms with van der Waals surface area (Å²) in [5, 5.41) is 8.57. The smallest absolute Gasteiger partial charge is 0.384 e.